The summed E-state index contributed by atoms with van der Waals surface area (Å²) in [5.41, 5.74) is -0.327. The molecule has 1 aromatic carbocycles. The van der Waals surface area contributed by atoms with Gasteiger partial charge in [0.2, 0.25) is 0 Å². The van der Waals surface area contributed by atoms with E-state index in [1.54, 1.807) is 18.2 Å². The van der Waals surface area contributed by atoms with Crippen molar-refractivity contribution in [3.05, 3.63) is 54.0 Å². The Morgan fingerprint density at radius 3 is 2.59 bits per heavy atom. The second-order valence-electron chi connectivity index (χ2n) is 8.41. The number of aromatic nitrogens is 3. The number of carbonyl (C=O) groups is 1. The molecule has 0 bridgehead atoms. The zero-order valence-electron chi connectivity index (χ0n) is 18.2. The zero-order chi connectivity index (χ0) is 24.5. The van der Waals surface area contributed by atoms with Crippen LogP contribution in [0.4, 0.5) is 18.9 Å². The summed E-state index contributed by atoms with van der Waals surface area (Å²) in [6, 6.07) is 8.39. The Morgan fingerprint density at radius 1 is 1.18 bits per heavy atom. The second-order valence-corrected chi connectivity index (χ2v) is 10.0. The Morgan fingerprint density at radius 2 is 1.91 bits per heavy atom. The van der Waals surface area contributed by atoms with Crippen LogP contribution in [0.2, 0.25) is 0 Å². The molecule has 8 nitrogen and oxygen atoms in total. The molecule has 0 radical (unpaired) electrons. The van der Waals surface area contributed by atoms with Crippen molar-refractivity contribution in [3.8, 4) is 0 Å². The summed E-state index contributed by atoms with van der Waals surface area (Å²) in [6.07, 6.45) is 1.58. The van der Waals surface area contributed by atoms with Gasteiger partial charge in [-0.05, 0) is 61.9 Å². The fourth-order valence-electron chi connectivity index (χ4n) is 4.02. The van der Waals surface area contributed by atoms with E-state index in [-0.39, 0.29) is 24.3 Å². The van der Waals surface area contributed by atoms with Crippen LogP contribution >= 0.6 is 0 Å². The minimum atomic E-state index is -4.64. The highest BCUT2D eigenvalue weighted by atomic mass is 32.2. The normalized spacial score (nSPS) is 19.3. The molecule has 0 spiro atoms. The minimum Gasteiger partial charge on any atom is -0.321 e. The van der Waals surface area contributed by atoms with Gasteiger partial charge in [-0.25, -0.2) is 4.98 Å². The van der Waals surface area contributed by atoms with Crippen molar-refractivity contribution in [1.82, 2.24) is 14.8 Å². The highest BCUT2D eigenvalue weighted by molar-refractivity contribution is 7.85. The molecule has 1 amide bonds. The van der Waals surface area contributed by atoms with E-state index >= 15 is 0 Å². The van der Waals surface area contributed by atoms with Gasteiger partial charge < -0.3 is 5.32 Å². The summed E-state index contributed by atoms with van der Waals surface area (Å²) in [5.74, 6) is -0.560. The monoisotopic (exact) mass is 496 g/mol. The summed E-state index contributed by atoms with van der Waals surface area (Å²) in [5, 5.41) is 7.96. The summed E-state index contributed by atoms with van der Waals surface area (Å²) in [4.78, 5) is 15.8. The minimum absolute atomic E-state index is 0.161. The number of fused-ring (bicyclic) bond motifs is 1. The molecule has 3 aromatic rings. The number of pyridine rings is 1. The lowest BCUT2D eigenvalue weighted by atomic mass is 9.87. The fraction of sp³-hybridized carbons (Fsp3) is 0.409. The summed E-state index contributed by atoms with van der Waals surface area (Å²) >= 11 is 0. The standard InChI is InChI=1S/C22H23F3N4O4S/c1-34(31,32)33-13-14-5-8-17(9-6-14)29-12-15-11-16(7-10-18(15)28-29)26-21(30)19-3-2-4-20(27-19)22(23,24)25/h2-4,7,10-12,14,17H,5-6,8-9,13H2,1H3,(H,26,30). The van der Waals surface area contributed by atoms with Crippen molar-refractivity contribution < 1.29 is 30.6 Å². The molecule has 182 valence electrons. The van der Waals surface area contributed by atoms with Crippen molar-refractivity contribution in [2.24, 2.45) is 5.92 Å². The van der Waals surface area contributed by atoms with Gasteiger partial charge in [-0.3, -0.25) is 13.7 Å². The van der Waals surface area contributed by atoms with Gasteiger partial charge in [-0.1, -0.05) is 6.07 Å². The Bertz CT molecular complexity index is 1300. The SMILES string of the molecule is CS(=O)(=O)OCC1CCC(n2cc3cc(NC(=O)c4cccc(C(F)(F)F)n4)ccc3n2)CC1. The van der Waals surface area contributed by atoms with Crippen LogP contribution in [0.5, 0.6) is 0 Å². The van der Waals surface area contributed by atoms with Crippen LogP contribution in [0.25, 0.3) is 10.9 Å². The first-order valence-electron chi connectivity index (χ1n) is 10.7. The number of hydrogen-bond donors (Lipinski definition) is 1. The van der Waals surface area contributed by atoms with E-state index in [0.717, 1.165) is 55.0 Å². The lowest BCUT2D eigenvalue weighted by molar-refractivity contribution is -0.141. The van der Waals surface area contributed by atoms with Gasteiger partial charge in [-0.15, -0.1) is 0 Å². The summed E-state index contributed by atoms with van der Waals surface area (Å²) in [7, 11) is -3.45. The Hall–Kier alpha value is -2.99. The third-order valence-corrected chi connectivity index (χ3v) is 6.32. The molecule has 1 aliphatic rings. The molecule has 1 saturated carbocycles. The lowest BCUT2D eigenvalue weighted by Gasteiger charge is -2.28. The first-order valence-corrected chi connectivity index (χ1v) is 12.5. The molecule has 0 atom stereocenters. The van der Waals surface area contributed by atoms with Crippen LogP contribution in [-0.4, -0.2) is 42.0 Å². The van der Waals surface area contributed by atoms with E-state index in [2.05, 4.69) is 15.4 Å². The molecule has 2 heterocycles. The topological polar surface area (TPSA) is 103 Å². The maximum Gasteiger partial charge on any atom is 0.433 e. The van der Waals surface area contributed by atoms with Crippen molar-refractivity contribution in [3.63, 3.8) is 0 Å². The van der Waals surface area contributed by atoms with Crippen LogP contribution in [0.15, 0.2) is 42.6 Å². The third-order valence-electron chi connectivity index (χ3n) is 5.76. The van der Waals surface area contributed by atoms with Crippen LogP contribution in [-0.2, 0) is 20.5 Å². The number of carbonyl (C=O) groups excluding carboxylic acids is 1. The number of halogens is 3. The number of benzene rings is 1. The van der Waals surface area contributed by atoms with E-state index in [1.165, 1.54) is 6.07 Å². The molecule has 1 fully saturated rings. The quantitative estimate of drug-likeness (QED) is 0.507. The van der Waals surface area contributed by atoms with Gasteiger partial charge >= 0.3 is 6.18 Å². The van der Waals surface area contributed by atoms with Gasteiger partial charge in [0.25, 0.3) is 16.0 Å². The summed E-state index contributed by atoms with van der Waals surface area (Å²) < 4.78 is 67.7. The number of hydrogen-bond acceptors (Lipinski definition) is 6. The predicted molar refractivity (Wildman–Crippen MR) is 119 cm³/mol. The maximum absolute atomic E-state index is 12.9. The number of amides is 1. The molecule has 34 heavy (non-hydrogen) atoms. The second kappa shape index (κ2) is 9.34. The molecule has 12 heteroatoms. The van der Waals surface area contributed by atoms with Gasteiger partial charge in [0, 0.05) is 17.3 Å². The van der Waals surface area contributed by atoms with Crippen LogP contribution < -0.4 is 5.32 Å². The highest BCUT2D eigenvalue weighted by Crippen LogP contribution is 2.33. The van der Waals surface area contributed by atoms with Gasteiger partial charge in [-0.2, -0.15) is 26.7 Å². The highest BCUT2D eigenvalue weighted by Gasteiger charge is 2.33. The van der Waals surface area contributed by atoms with Crippen molar-refractivity contribution in [1.29, 1.82) is 0 Å². The Balaban J connectivity index is 1.41. The van der Waals surface area contributed by atoms with E-state index in [0.29, 0.717) is 5.69 Å². The average molecular weight is 497 g/mol. The molecular weight excluding hydrogens is 473 g/mol. The molecular formula is C22H23F3N4O4S. The van der Waals surface area contributed by atoms with Gasteiger partial charge in [0.15, 0.2) is 0 Å². The molecule has 0 saturated heterocycles. The first kappa shape index (κ1) is 24.1. The summed E-state index contributed by atoms with van der Waals surface area (Å²) in [6.45, 7) is 0.191. The molecule has 2 aromatic heterocycles. The zero-order valence-corrected chi connectivity index (χ0v) is 19.1. The number of rotatable bonds is 6. The lowest BCUT2D eigenvalue weighted by Crippen LogP contribution is -2.22. The molecule has 0 aliphatic heterocycles. The third kappa shape index (κ3) is 5.92. The first-order chi connectivity index (χ1) is 16.0. The van der Waals surface area contributed by atoms with E-state index in [1.807, 2.05) is 10.9 Å². The Kier molecular flexibility index (Phi) is 6.63. The largest absolute Gasteiger partial charge is 0.433 e. The number of nitrogens with zero attached hydrogens (tertiary/aromatic N) is 3. The number of anilines is 1. The molecule has 4 rings (SSSR count). The molecule has 0 unspecified atom stereocenters. The van der Waals surface area contributed by atoms with Gasteiger partial charge in [0.1, 0.15) is 11.4 Å². The van der Waals surface area contributed by atoms with Crippen molar-refractivity contribution in [2.75, 3.05) is 18.2 Å². The van der Waals surface area contributed by atoms with E-state index in [9.17, 15) is 26.4 Å². The molecule has 1 aliphatic carbocycles. The molecule has 1 N–H and O–H groups in total. The predicted octanol–water partition coefficient (Wildman–Crippen LogP) is 4.41. The number of nitrogens with one attached hydrogen (secondary N) is 1. The Labute approximate surface area is 194 Å². The van der Waals surface area contributed by atoms with E-state index < -0.39 is 27.9 Å². The fourth-order valence-corrected chi connectivity index (χ4v) is 4.46. The van der Waals surface area contributed by atoms with Crippen molar-refractivity contribution >= 4 is 32.6 Å². The maximum atomic E-state index is 12.9. The smallest absolute Gasteiger partial charge is 0.321 e. The number of alkyl halides is 3. The average Bonchev–Trinajstić information content (AvgIpc) is 3.20. The van der Waals surface area contributed by atoms with Crippen molar-refractivity contribution in [2.45, 2.75) is 37.9 Å². The van der Waals surface area contributed by atoms with Crippen LogP contribution in [0.1, 0.15) is 47.9 Å². The van der Waals surface area contributed by atoms with Gasteiger partial charge in [0.05, 0.1) is 24.4 Å². The van der Waals surface area contributed by atoms with Crippen LogP contribution in [0, 0.1) is 5.92 Å². The van der Waals surface area contributed by atoms with Crippen LogP contribution in [0.3, 0.4) is 0 Å². The van der Waals surface area contributed by atoms with E-state index in [4.69, 9.17) is 4.18 Å².